The lowest BCUT2D eigenvalue weighted by Gasteiger charge is -2.09. The molecule has 0 unspecified atom stereocenters. The number of rotatable bonds is 8. The van der Waals surface area contributed by atoms with Gasteiger partial charge in [0.2, 0.25) is 5.91 Å². The lowest BCUT2D eigenvalue weighted by Crippen LogP contribution is -2.26. The van der Waals surface area contributed by atoms with Crippen LogP contribution < -0.4 is 14.8 Å². The van der Waals surface area contributed by atoms with Crippen LogP contribution >= 0.6 is 0 Å². The summed E-state index contributed by atoms with van der Waals surface area (Å²) in [5.74, 6) is 1.45. The maximum Gasteiger partial charge on any atom is 0.244 e. The second kappa shape index (κ2) is 9.40. The molecule has 0 atom stereocenters. The summed E-state index contributed by atoms with van der Waals surface area (Å²) in [5.41, 5.74) is 1.96. The largest absolute Gasteiger partial charge is 0.493 e. The Morgan fingerprint density at radius 1 is 1.04 bits per heavy atom. The lowest BCUT2D eigenvalue weighted by atomic mass is 10.2. The summed E-state index contributed by atoms with van der Waals surface area (Å²) >= 11 is 0. The Bertz CT molecular complexity index is 695. The molecule has 0 aliphatic carbocycles. The Morgan fingerprint density at radius 2 is 1.75 bits per heavy atom. The smallest absolute Gasteiger partial charge is 0.244 e. The van der Waals surface area contributed by atoms with Crippen LogP contribution in [0.1, 0.15) is 18.1 Å². The Kier molecular flexibility index (Phi) is 6.90. The highest BCUT2D eigenvalue weighted by Gasteiger charge is 2.01. The van der Waals surface area contributed by atoms with Crippen molar-refractivity contribution < 1.29 is 14.3 Å². The van der Waals surface area contributed by atoms with Crippen LogP contribution in [0.4, 0.5) is 0 Å². The number of hydrogen-bond acceptors (Lipinski definition) is 3. The summed E-state index contributed by atoms with van der Waals surface area (Å²) < 4.78 is 11.2. The van der Waals surface area contributed by atoms with Gasteiger partial charge in [0.1, 0.15) is 18.1 Å². The van der Waals surface area contributed by atoms with E-state index in [1.807, 2.05) is 62.4 Å². The van der Waals surface area contributed by atoms with E-state index in [0.29, 0.717) is 19.8 Å². The van der Waals surface area contributed by atoms with Crippen molar-refractivity contribution in [1.82, 2.24) is 5.32 Å². The van der Waals surface area contributed by atoms with Crippen molar-refractivity contribution in [3.05, 3.63) is 65.7 Å². The first-order valence-corrected chi connectivity index (χ1v) is 8.07. The average Bonchev–Trinajstić information content (AvgIpc) is 2.59. The third-order valence-corrected chi connectivity index (χ3v) is 3.39. The van der Waals surface area contributed by atoms with E-state index in [1.54, 1.807) is 6.08 Å². The molecular formula is C20H23NO3. The van der Waals surface area contributed by atoms with Gasteiger partial charge in [0.25, 0.3) is 0 Å². The fraction of sp³-hybridized carbons (Fsp3) is 0.250. The Morgan fingerprint density at radius 3 is 2.50 bits per heavy atom. The van der Waals surface area contributed by atoms with Crippen LogP contribution in [0.5, 0.6) is 11.5 Å². The third-order valence-electron chi connectivity index (χ3n) is 3.39. The van der Waals surface area contributed by atoms with Crippen molar-refractivity contribution >= 4 is 12.0 Å². The number of aryl methyl sites for hydroxylation is 1. The van der Waals surface area contributed by atoms with Crippen molar-refractivity contribution in [1.29, 1.82) is 0 Å². The van der Waals surface area contributed by atoms with E-state index in [4.69, 9.17) is 9.47 Å². The molecule has 24 heavy (non-hydrogen) atoms. The monoisotopic (exact) mass is 325 g/mol. The quantitative estimate of drug-likeness (QED) is 0.596. The summed E-state index contributed by atoms with van der Waals surface area (Å²) in [4.78, 5) is 11.9. The van der Waals surface area contributed by atoms with Gasteiger partial charge >= 0.3 is 0 Å². The van der Waals surface area contributed by atoms with E-state index in [2.05, 4.69) is 5.32 Å². The lowest BCUT2D eigenvalue weighted by molar-refractivity contribution is -0.116. The molecule has 0 fully saturated rings. The molecule has 1 N–H and O–H groups in total. The number of carbonyl (C=O) groups is 1. The minimum Gasteiger partial charge on any atom is -0.493 e. The fourth-order valence-corrected chi connectivity index (χ4v) is 2.18. The number of para-hydroxylation sites is 2. The maximum absolute atomic E-state index is 11.9. The zero-order valence-corrected chi connectivity index (χ0v) is 14.1. The summed E-state index contributed by atoms with van der Waals surface area (Å²) in [6.07, 6.45) is 3.26. The second-order valence-electron chi connectivity index (χ2n) is 5.21. The van der Waals surface area contributed by atoms with E-state index < -0.39 is 0 Å². The first-order valence-electron chi connectivity index (χ1n) is 8.07. The highest BCUT2D eigenvalue weighted by molar-refractivity contribution is 5.92. The Hall–Kier alpha value is -2.75. The molecule has 0 bridgehead atoms. The SMILES string of the molecule is CCOc1ccccc1/C=C/C(=O)NCCOc1ccccc1C. The van der Waals surface area contributed by atoms with E-state index in [1.165, 1.54) is 6.08 Å². The van der Waals surface area contributed by atoms with E-state index in [9.17, 15) is 4.79 Å². The molecule has 2 aromatic rings. The molecule has 2 rings (SSSR count). The van der Waals surface area contributed by atoms with Gasteiger partial charge in [-0.2, -0.15) is 0 Å². The van der Waals surface area contributed by atoms with Crippen LogP contribution in [-0.2, 0) is 4.79 Å². The molecule has 0 aromatic heterocycles. The number of ether oxygens (including phenoxy) is 2. The molecule has 0 heterocycles. The van der Waals surface area contributed by atoms with Crippen LogP contribution in [0.25, 0.3) is 6.08 Å². The average molecular weight is 325 g/mol. The van der Waals surface area contributed by atoms with Crippen molar-refractivity contribution in [3.8, 4) is 11.5 Å². The molecular weight excluding hydrogens is 302 g/mol. The van der Waals surface area contributed by atoms with Crippen molar-refractivity contribution in [2.24, 2.45) is 0 Å². The molecule has 2 aromatic carbocycles. The minimum atomic E-state index is -0.158. The molecule has 126 valence electrons. The Labute approximate surface area is 143 Å². The van der Waals surface area contributed by atoms with Gasteiger partial charge in [-0.25, -0.2) is 0 Å². The van der Waals surface area contributed by atoms with Crippen molar-refractivity contribution in [2.75, 3.05) is 19.8 Å². The standard InChI is InChI=1S/C20H23NO3/c1-3-23-19-11-7-5-9-17(19)12-13-20(22)21-14-15-24-18-10-6-4-8-16(18)2/h4-13H,3,14-15H2,1-2H3,(H,21,22)/b13-12+. The highest BCUT2D eigenvalue weighted by Crippen LogP contribution is 2.19. The van der Waals surface area contributed by atoms with Gasteiger partial charge < -0.3 is 14.8 Å². The molecule has 0 aliphatic rings. The fourth-order valence-electron chi connectivity index (χ4n) is 2.18. The van der Waals surface area contributed by atoms with Crippen LogP contribution in [0.15, 0.2) is 54.6 Å². The minimum absolute atomic E-state index is 0.158. The number of amides is 1. The van der Waals surface area contributed by atoms with Crippen molar-refractivity contribution in [2.45, 2.75) is 13.8 Å². The molecule has 0 aliphatic heterocycles. The molecule has 0 saturated carbocycles. The van der Waals surface area contributed by atoms with Crippen molar-refractivity contribution in [3.63, 3.8) is 0 Å². The second-order valence-corrected chi connectivity index (χ2v) is 5.21. The van der Waals surface area contributed by atoms with Crippen LogP contribution in [0.3, 0.4) is 0 Å². The predicted octanol–water partition coefficient (Wildman–Crippen LogP) is 3.60. The highest BCUT2D eigenvalue weighted by atomic mass is 16.5. The summed E-state index contributed by atoms with van der Waals surface area (Å²) in [6, 6.07) is 15.4. The third kappa shape index (κ3) is 5.47. The first kappa shape index (κ1) is 17.6. The topological polar surface area (TPSA) is 47.6 Å². The van der Waals surface area contributed by atoms with Gasteiger partial charge in [-0.3, -0.25) is 4.79 Å². The zero-order chi connectivity index (χ0) is 17.2. The number of benzene rings is 2. The van der Waals surface area contributed by atoms with Gasteiger partial charge in [-0.15, -0.1) is 0 Å². The maximum atomic E-state index is 11.9. The molecule has 0 saturated heterocycles. The van der Waals surface area contributed by atoms with Gasteiger partial charge in [0.05, 0.1) is 13.2 Å². The van der Waals surface area contributed by atoms with Gasteiger partial charge in [-0.1, -0.05) is 36.4 Å². The van der Waals surface area contributed by atoms with E-state index in [-0.39, 0.29) is 5.91 Å². The van der Waals surface area contributed by atoms with Gasteiger partial charge in [0.15, 0.2) is 0 Å². The van der Waals surface area contributed by atoms with Crippen LogP contribution in [0, 0.1) is 6.92 Å². The molecule has 4 nitrogen and oxygen atoms in total. The summed E-state index contributed by atoms with van der Waals surface area (Å²) in [7, 11) is 0. The van der Waals surface area contributed by atoms with Gasteiger partial charge in [-0.05, 0) is 37.6 Å². The molecule has 0 radical (unpaired) electrons. The zero-order valence-electron chi connectivity index (χ0n) is 14.1. The van der Waals surface area contributed by atoms with Gasteiger partial charge in [0, 0.05) is 11.6 Å². The normalized spacial score (nSPS) is 10.6. The molecule has 1 amide bonds. The molecule has 4 heteroatoms. The summed E-state index contributed by atoms with van der Waals surface area (Å²) in [6.45, 7) is 5.39. The number of carbonyl (C=O) groups excluding carboxylic acids is 1. The van der Waals surface area contributed by atoms with E-state index in [0.717, 1.165) is 22.6 Å². The first-order chi connectivity index (χ1) is 11.7. The Balaban J connectivity index is 1.78. The van der Waals surface area contributed by atoms with Crippen LogP contribution in [0.2, 0.25) is 0 Å². The van der Waals surface area contributed by atoms with Crippen LogP contribution in [-0.4, -0.2) is 25.7 Å². The predicted molar refractivity (Wildman–Crippen MR) is 96.3 cm³/mol. The summed E-state index contributed by atoms with van der Waals surface area (Å²) in [5, 5.41) is 2.80. The number of nitrogens with one attached hydrogen (secondary N) is 1. The number of hydrogen-bond donors (Lipinski definition) is 1. The molecule has 0 spiro atoms. The van der Waals surface area contributed by atoms with E-state index >= 15 is 0 Å².